The van der Waals surface area contributed by atoms with E-state index < -0.39 is 18.3 Å². The molecule has 17 rings (SSSR count). The Labute approximate surface area is 647 Å². The van der Waals surface area contributed by atoms with Crippen molar-refractivity contribution >= 4 is 189 Å². The van der Waals surface area contributed by atoms with Crippen molar-refractivity contribution in [1.82, 2.24) is 13.7 Å². The van der Waals surface area contributed by atoms with Gasteiger partial charge >= 0.3 is 7.12 Å². The van der Waals surface area contributed by atoms with Crippen LogP contribution in [0.2, 0.25) is 0 Å². The molecule has 104 heavy (non-hydrogen) atoms. The molecule has 1 saturated heterocycles. The number of halogens is 2. The number of para-hydroxylation sites is 6. The SMILES string of the molecule is Brc1cscc1OCCCCOc1cscc1Br.CCOCOc1c(-n2c3ccccc3c3ccccc32)csc1B1OC(C)(C)C(C)(C)O1.Oc1c(-n2c3ccccc3c3ccccc32)csc1-c1cscc1OCCCCOc1cscc1-c1scc(-n2c3ccccc3c3ccccc32)c1O. The standard InChI is InChI=1S/C44H32N2O4S4.C25H28BNO4S.C12H12Br2O2S2/c47-41-37(45-33-15-5-1-11-27(33)28-12-2-6-16-34(28)45)23-53-43(41)31-21-51-25-39(31)49-19-9-10-20-50-40-26-52-22-32(40)44-42(48)38(24-54-44)46-35-17-7-3-13-29(35)30-14-4-8-18-36(30)46;1-6-28-16-29-22-21(15-32-23(22)26-30-24(2,3)25(4,5)31-26)27-19-13-9-7-11-17(19)18-12-8-10-14-20(18)27;13-9-5-17-7-11(9)15-3-1-2-4-16-12-8-18-6-10(12)14/h1-8,11-18,21-26,47-48H,9-10,19-20H2;7-15H,6,16H2,1-5H3;5-8H,1-4H2. The normalized spacial score (nSPS) is 13.3. The minimum Gasteiger partial charge on any atom is -0.504 e. The van der Waals surface area contributed by atoms with E-state index in [0.29, 0.717) is 19.8 Å². The third-order valence-corrected chi connectivity index (χ3v) is 26.4. The van der Waals surface area contributed by atoms with E-state index in [0.717, 1.165) is 174 Å². The van der Waals surface area contributed by atoms with E-state index in [1.165, 1.54) is 33.4 Å². The van der Waals surface area contributed by atoms with Gasteiger partial charge in [0, 0.05) is 109 Å². The lowest BCUT2D eigenvalue weighted by atomic mass is 9.87. The summed E-state index contributed by atoms with van der Waals surface area (Å²) in [6, 6.07) is 50.2. The van der Waals surface area contributed by atoms with Crippen LogP contribution in [-0.2, 0) is 14.0 Å². The molecule has 6 aromatic carbocycles. The lowest BCUT2D eigenvalue weighted by Gasteiger charge is -2.32. The summed E-state index contributed by atoms with van der Waals surface area (Å²) in [7, 11) is -0.497. The molecule has 530 valence electrons. The molecule has 11 heterocycles. The Bertz CT molecular complexity index is 5230. The number of thiophene rings is 7. The van der Waals surface area contributed by atoms with Gasteiger partial charge in [-0.1, -0.05) is 109 Å². The predicted molar refractivity (Wildman–Crippen MR) is 443 cm³/mol. The summed E-state index contributed by atoms with van der Waals surface area (Å²) >= 11 is 17.9. The lowest BCUT2D eigenvalue weighted by Crippen LogP contribution is -2.41. The molecule has 23 heteroatoms. The topological polar surface area (TPSA) is 129 Å². The Morgan fingerprint density at radius 1 is 0.394 bits per heavy atom. The first-order valence-corrected chi connectivity index (χ1v) is 42.1. The zero-order chi connectivity index (χ0) is 71.5. The highest BCUT2D eigenvalue weighted by molar-refractivity contribution is 9.11. The van der Waals surface area contributed by atoms with Crippen molar-refractivity contribution in [3.8, 4) is 78.2 Å². The van der Waals surface area contributed by atoms with Crippen LogP contribution >= 0.6 is 111 Å². The number of hydrogen-bond acceptors (Lipinski definition) is 17. The van der Waals surface area contributed by atoms with E-state index in [-0.39, 0.29) is 18.3 Å². The van der Waals surface area contributed by atoms with Gasteiger partial charge < -0.3 is 61.6 Å². The molecule has 16 aromatic rings. The number of aromatic hydroxyl groups is 2. The van der Waals surface area contributed by atoms with Crippen molar-refractivity contribution in [3.05, 3.63) is 214 Å². The molecule has 1 aliphatic rings. The van der Waals surface area contributed by atoms with Crippen LogP contribution < -0.4 is 28.5 Å². The van der Waals surface area contributed by atoms with Crippen molar-refractivity contribution in [3.63, 3.8) is 0 Å². The van der Waals surface area contributed by atoms with Crippen molar-refractivity contribution in [1.29, 1.82) is 0 Å². The molecule has 0 aliphatic carbocycles. The van der Waals surface area contributed by atoms with Gasteiger partial charge in [-0.15, -0.1) is 79.4 Å². The fourth-order valence-electron chi connectivity index (χ4n) is 12.9. The summed E-state index contributed by atoms with van der Waals surface area (Å²) in [6.45, 7) is 13.5. The molecular formula is C81H72BBr2N3O10S7. The Morgan fingerprint density at radius 3 is 1.06 bits per heavy atom. The summed E-state index contributed by atoms with van der Waals surface area (Å²) in [5, 5.41) is 52.6. The van der Waals surface area contributed by atoms with Gasteiger partial charge in [0.15, 0.2) is 24.0 Å². The zero-order valence-electron chi connectivity index (χ0n) is 57.5. The number of benzene rings is 6. The van der Waals surface area contributed by atoms with Crippen LogP contribution in [0.3, 0.4) is 0 Å². The van der Waals surface area contributed by atoms with Crippen LogP contribution in [0.25, 0.3) is 103 Å². The number of rotatable bonds is 24. The number of nitrogens with zero attached hydrogens (tertiary/aromatic N) is 3. The van der Waals surface area contributed by atoms with Crippen LogP contribution in [0, 0.1) is 0 Å². The van der Waals surface area contributed by atoms with Gasteiger partial charge in [-0.2, -0.15) is 0 Å². The van der Waals surface area contributed by atoms with E-state index in [2.05, 4.69) is 200 Å². The fourth-order valence-corrected chi connectivity index (χ4v) is 20.0. The number of aromatic nitrogens is 3. The van der Waals surface area contributed by atoms with Gasteiger partial charge in [0.2, 0.25) is 0 Å². The lowest BCUT2D eigenvalue weighted by molar-refractivity contribution is 0.00578. The van der Waals surface area contributed by atoms with Crippen molar-refractivity contribution in [2.45, 2.75) is 71.5 Å². The van der Waals surface area contributed by atoms with E-state index >= 15 is 0 Å². The van der Waals surface area contributed by atoms with Crippen LogP contribution in [0.5, 0.6) is 40.2 Å². The molecule has 0 spiro atoms. The van der Waals surface area contributed by atoms with E-state index in [4.69, 9.17) is 37.7 Å². The first-order chi connectivity index (χ1) is 50.8. The molecule has 0 atom stereocenters. The van der Waals surface area contributed by atoms with Gasteiger partial charge in [0.25, 0.3) is 0 Å². The molecule has 0 amide bonds. The van der Waals surface area contributed by atoms with E-state index in [9.17, 15) is 10.2 Å². The summed E-state index contributed by atoms with van der Waals surface area (Å²) in [4.78, 5) is 1.60. The minimum absolute atomic E-state index is 0.171. The first-order valence-electron chi connectivity index (χ1n) is 34.1. The molecule has 1 aliphatic heterocycles. The maximum atomic E-state index is 11.6. The highest BCUT2D eigenvalue weighted by Crippen LogP contribution is 2.50. The summed E-state index contributed by atoms with van der Waals surface area (Å²) in [5.74, 6) is 4.68. The van der Waals surface area contributed by atoms with Gasteiger partial charge in [0.05, 0.1) is 111 Å². The van der Waals surface area contributed by atoms with E-state index in [1.54, 1.807) is 56.7 Å². The third kappa shape index (κ3) is 14.3. The van der Waals surface area contributed by atoms with Gasteiger partial charge in [-0.25, -0.2) is 0 Å². The maximum Gasteiger partial charge on any atom is 0.509 e. The van der Waals surface area contributed by atoms with Gasteiger partial charge in [-0.3, -0.25) is 0 Å². The summed E-state index contributed by atoms with van der Waals surface area (Å²) < 4.78 is 57.9. The minimum atomic E-state index is -0.497. The first kappa shape index (κ1) is 71.7. The Balaban J connectivity index is 0.000000146. The number of fused-ring (bicyclic) bond motifs is 9. The van der Waals surface area contributed by atoms with Crippen LogP contribution in [-0.4, -0.2) is 82.1 Å². The highest BCUT2D eigenvalue weighted by Gasteiger charge is 2.53. The smallest absolute Gasteiger partial charge is 0.504 e. The molecule has 1 fully saturated rings. The maximum absolute atomic E-state index is 11.6. The zero-order valence-corrected chi connectivity index (χ0v) is 66.4. The van der Waals surface area contributed by atoms with Crippen LogP contribution in [0.4, 0.5) is 0 Å². The second-order valence-electron chi connectivity index (χ2n) is 25.6. The average molecular weight is 1640 g/mol. The van der Waals surface area contributed by atoms with Gasteiger partial charge in [-0.05, 0) is 129 Å². The summed E-state index contributed by atoms with van der Waals surface area (Å²) in [5.41, 5.74) is 10.00. The number of hydrogen-bond donors (Lipinski definition) is 2. The highest BCUT2D eigenvalue weighted by atomic mass is 79.9. The number of ether oxygens (including phenoxy) is 6. The molecule has 0 bridgehead atoms. The molecule has 10 aromatic heterocycles. The van der Waals surface area contributed by atoms with Crippen LogP contribution in [0.1, 0.15) is 60.3 Å². The molecule has 0 radical (unpaired) electrons. The molecule has 0 saturated carbocycles. The Morgan fingerprint density at radius 2 is 0.712 bits per heavy atom. The van der Waals surface area contributed by atoms with E-state index in [1.807, 2.05) is 85.0 Å². The Hall–Kier alpha value is -7.88. The molecular weight excluding hydrogens is 1570 g/mol. The molecule has 2 N–H and O–H groups in total. The summed E-state index contributed by atoms with van der Waals surface area (Å²) in [6.07, 6.45) is 3.59. The second kappa shape index (κ2) is 31.7. The predicted octanol–water partition coefficient (Wildman–Crippen LogP) is 24.2. The number of unbranched alkanes of at least 4 members (excludes halogenated alkanes) is 2. The second-order valence-corrected chi connectivity index (χ2v) is 33.0. The quantitative estimate of drug-likeness (QED) is 0.0343. The largest absolute Gasteiger partial charge is 0.509 e. The third-order valence-electron chi connectivity index (χ3n) is 18.7. The monoisotopic (exact) mass is 1640 g/mol. The molecule has 13 nitrogen and oxygen atoms in total. The van der Waals surface area contributed by atoms with Crippen LogP contribution in [0.15, 0.2) is 214 Å². The average Bonchev–Trinajstić information content (AvgIpc) is 1.59. The van der Waals surface area contributed by atoms with Crippen molar-refractivity contribution in [2.24, 2.45) is 0 Å². The Kier molecular flexibility index (Phi) is 21.8. The molecule has 0 unspecified atom stereocenters. The van der Waals surface area contributed by atoms with Gasteiger partial charge in [0.1, 0.15) is 23.0 Å². The fraction of sp³-hybridized carbons (Fsp3) is 0.210. The van der Waals surface area contributed by atoms with Crippen molar-refractivity contribution in [2.75, 3.05) is 39.8 Å². The van der Waals surface area contributed by atoms with Crippen molar-refractivity contribution < 1.29 is 47.9 Å².